The van der Waals surface area contributed by atoms with Gasteiger partial charge >= 0.3 is 0 Å². The van der Waals surface area contributed by atoms with Gasteiger partial charge in [-0.25, -0.2) is 0 Å². The Bertz CT molecular complexity index is 1070. The molecule has 1 amide bonds. The third-order valence-electron chi connectivity index (χ3n) is 4.50. The van der Waals surface area contributed by atoms with Gasteiger partial charge in [0.1, 0.15) is 0 Å². The molecule has 1 aliphatic rings. The van der Waals surface area contributed by atoms with Crippen LogP contribution in [0.25, 0.3) is 0 Å². The molecular formula is C23H18N2O3S. The number of carbonyl (C=O) groups is 1. The molecule has 0 saturated carbocycles. The van der Waals surface area contributed by atoms with Crippen LogP contribution in [0, 0.1) is 11.3 Å². The molecule has 1 aliphatic heterocycles. The van der Waals surface area contributed by atoms with Gasteiger partial charge in [-0.3, -0.25) is 4.79 Å². The Morgan fingerprint density at radius 1 is 1.00 bits per heavy atom. The highest BCUT2D eigenvalue weighted by atomic mass is 32.2. The predicted molar refractivity (Wildman–Crippen MR) is 111 cm³/mol. The van der Waals surface area contributed by atoms with Gasteiger partial charge in [0.05, 0.1) is 17.2 Å². The SMILES string of the molecule is N#Cc1ccc(CSc2ccccc2C(=O)NCc2ccc3c(c2)OCO3)cc1. The number of hydrogen-bond acceptors (Lipinski definition) is 5. The monoisotopic (exact) mass is 402 g/mol. The normalized spacial score (nSPS) is 11.7. The van der Waals surface area contributed by atoms with Gasteiger partial charge in [0.15, 0.2) is 11.5 Å². The van der Waals surface area contributed by atoms with E-state index in [1.165, 1.54) is 0 Å². The maximum Gasteiger partial charge on any atom is 0.252 e. The van der Waals surface area contributed by atoms with Crippen molar-refractivity contribution in [3.8, 4) is 17.6 Å². The number of benzene rings is 3. The molecule has 0 radical (unpaired) electrons. The van der Waals surface area contributed by atoms with Crippen LogP contribution in [0.5, 0.6) is 11.5 Å². The fourth-order valence-corrected chi connectivity index (χ4v) is 3.95. The van der Waals surface area contributed by atoms with Gasteiger partial charge in [0.25, 0.3) is 5.91 Å². The number of carbonyl (C=O) groups excluding carboxylic acids is 1. The summed E-state index contributed by atoms with van der Waals surface area (Å²) in [7, 11) is 0. The van der Waals surface area contributed by atoms with Crippen LogP contribution >= 0.6 is 11.8 Å². The number of nitriles is 1. The molecule has 0 unspecified atom stereocenters. The molecule has 0 saturated heterocycles. The van der Waals surface area contributed by atoms with Crippen molar-refractivity contribution in [3.05, 3.63) is 89.0 Å². The summed E-state index contributed by atoms with van der Waals surface area (Å²) < 4.78 is 10.7. The third kappa shape index (κ3) is 4.53. The van der Waals surface area contributed by atoms with Crippen LogP contribution in [0.2, 0.25) is 0 Å². The Balaban J connectivity index is 1.40. The maximum atomic E-state index is 12.8. The highest BCUT2D eigenvalue weighted by molar-refractivity contribution is 7.98. The van der Waals surface area contributed by atoms with E-state index in [1.807, 2.05) is 54.6 Å². The standard InChI is InChI=1S/C23H18N2O3S/c24-12-16-5-7-17(8-6-16)14-29-22-4-2-1-3-19(22)23(26)25-13-18-9-10-20-21(11-18)28-15-27-20/h1-11H,13-15H2,(H,25,26). The molecule has 0 aliphatic carbocycles. The van der Waals surface area contributed by atoms with Crippen LogP contribution in [0.3, 0.4) is 0 Å². The van der Waals surface area contributed by atoms with Crippen molar-refractivity contribution in [3.63, 3.8) is 0 Å². The largest absolute Gasteiger partial charge is 0.454 e. The lowest BCUT2D eigenvalue weighted by Gasteiger charge is -2.10. The number of amides is 1. The van der Waals surface area contributed by atoms with Crippen LogP contribution in [0.4, 0.5) is 0 Å². The van der Waals surface area contributed by atoms with Crippen LogP contribution in [0.1, 0.15) is 27.0 Å². The first-order chi connectivity index (χ1) is 14.2. The highest BCUT2D eigenvalue weighted by Crippen LogP contribution is 2.32. The summed E-state index contributed by atoms with van der Waals surface area (Å²) in [6.07, 6.45) is 0. The van der Waals surface area contributed by atoms with E-state index >= 15 is 0 Å². The van der Waals surface area contributed by atoms with E-state index in [-0.39, 0.29) is 12.7 Å². The number of ether oxygens (including phenoxy) is 2. The van der Waals surface area contributed by atoms with Crippen molar-refractivity contribution in [1.82, 2.24) is 5.32 Å². The van der Waals surface area contributed by atoms with Gasteiger partial charge in [0.2, 0.25) is 6.79 Å². The fraction of sp³-hybridized carbons (Fsp3) is 0.130. The molecule has 3 aromatic rings. The minimum atomic E-state index is -0.120. The van der Waals surface area contributed by atoms with Crippen molar-refractivity contribution in [2.24, 2.45) is 0 Å². The Morgan fingerprint density at radius 3 is 2.59 bits per heavy atom. The Morgan fingerprint density at radius 2 is 1.76 bits per heavy atom. The van der Waals surface area contributed by atoms with Gasteiger partial charge in [-0.15, -0.1) is 11.8 Å². The average Bonchev–Trinajstić information content (AvgIpc) is 3.24. The molecule has 6 heteroatoms. The Kier molecular flexibility index (Phi) is 5.68. The Hall–Kier alpha value is -3.43. The van der Waals surface area contributed by atoms with Crippen molar-refractivity contribution in [2.75, 3.05) is 6.79 Å². The molecule has 29 heavy (non-hydrogen) atoms. The number of rotatable bonds is 6. The summed E-state index contributed by atoms with van der Waals surface area (Å²) in [6.45, 7) is 0.638. The van der Waals surface area contributed by atoms with E-state index < -0.39 is 0 Å². The van der Waals surface area contributed by atoms with Gasteiger partial charge in [-0.2, -0.15) is 5.26 Å². The molecular weight excluding hydrogens is 384 g/mol. The van der Waals surface area contributed by atoms with E-state index in [2.05, 4.69) is 11.4 Å². The minimum absolute atomic E-state index is 0.120. The molecule has 0 fully saturated rings. The van der Waals surface area contributed by atoms with Gasteiger partial charge in [-0.05, 0) is 47.5 Å². The molecule has 4 rings (SSSR count). The molecule has 1 heterocycles. The van der Waals surface area contributed by atoms with E-state index in [9.17, 15) is 4.79 Å². The first kappa shape index (κ1) is 18.9. The molecule has 144 valence electrons. The summed E-state index contributed by atoms with van der Waals surface area (Å²) in [6, 6.07) is 22.8. The van der Waals surface area contributed by atoms with E-state index in [0.717, 1.165) is 27.5 Å². The molecule has 0 spiro atoms. The van der Waals surface area contributed by atoms with E-state index in [4.69, 9.17) is 14.7 Å². The molecule has 1 N–H and O–H groups in total. The van der Waals surface area contributed by atoms with Crippen molar-refractivity contribution in [1.29, 1.82) is 5.26 Å². The average molecular weight is 402 g/mol. The second-order valence-electron chi connectivity index (χ2n) is 6.46. The zero-order chi connectivity index (χ0) is 20.1. The molecule has 0 bridgehead atoms. The lowest BCUT2D eigenvalue weighted by Crippen LogP contribution is -2.23. The Labute approximate surface area is 173 Å². The quantitative estimate of drug-likeness (QED) is 0.614. The first-order valence-corrected chi connectivity index (χ1v) is 10.1. The van der Waals surface area contributed by atoms with Crippen molar-refractivity contribution >= 4 is 17.7 Å². The van der Waals surface area contributed by atoms with E-state index in [1.54, 1.807) is 23.9 Å². The van der Waals surface area contributed by atoms with Crippen LogP contribution < -0.4 is 14.8 Å². The van der Waals surface area contributed by atoms with Crippen molar-refractivity contribution in [2.45, 2.75) is 17.2 Å². The number of hydrogen-bond donors (Lipinski definition) is 1. The second kappa shape index (κ2) is 8.72. The summed E-state index contributed by atoms with van der Waals surface area (Å²) in [5.74, 6) is 2.03. The van der Waals surface area contributed by atoms with E-state index in [0.29, 0.717) is 23.4 Å². The molecule has 0 aromatic heterocycles. The number of thioether (sulfide) groups is 1. The minimum Gasteiger partial charge on any atom is -0.454 e. The van der Waals surface area contributed by atoms with Crippen molar-refractivity contribution < 1.29 is 14.3 Å². The van der Waals surface area contributed by atoms with Gasteiger partial charge in [0, 0.05) is 17.2 Å². The summed E-state index contributed by atoms with van der Waals surface area (Å²) >= 11 is 1.60. The summed E-state index contributed by atoms with van der Waals surface area (Å²) in [5.41, 5.74) is 3.34. The predicted octanol–water partition coefficient (Wildman–Crippen LogP) is 4.51. The fourth-order valence-electron chi connectivity index (χ4n) is 2.95. The number of fused-ring (bicyclic) bond motifs is 1. The highest BCUT2D eigenvalue weighted by Gasteiger charge is 2.15. The van der Waals surface area contributed by atoms with Gasteiger partial charge < -0.3 is 14.8 Å². The molecule has 3 aromatic carbocycles. The van der Waals surface area contributed by atoms with Crippen LogP contribution in [-0.2, 0) is 12.3 Å². The smallest absolute Gasteiger partial charge is 0.252 e. The van der Waals surface area contributed by atoms with Crippen LogP contribution in [0.15, 0.2) is 71.6 Å². The summed E-state index contributed by atoms with van der Waals surface area (Å²) in [5, 5.41) is 11.9. The zero-order valence-corrected chi connectivity index (χ0v) is 16.4. The second-order valence-corrected chi connectivity index (χ2v) is 7.48. The first-order valence-electron chi connectivity index (χ1n) is 9.10. The molecule has 0 atom stereocenters. The van der Waals surface area contributed by atoms with Gasteiger partial charge in [-0.1, -0.05) is 30.3 Å². The lowest BCUT2D eigenvalue weighted by atomic mass is 10.1. The number of nitrogens with zero attached hydrogens (tertiary/aromatic N) is 1. The topological polar surface area (TPSA) is 71.4 Å². The molecule has 5 nitrogen and oxygen atoms in total. The van der Waals surface area contributed by atoms with Crippen LogP contribution in [-0.4, -0.2) is 12.7 Å². The number of nitrogens with one attached hydrogen (secondary N) is 1. The third-order valence-corrected chi connectivity index (χ3v) is 5.64. The zero-order valence-electron chi connectivity index (χ0n) is 15.6. The summed E-state index contributed by atoms with van der Waals surface area (Å²) in [4.78, 5) is 13.7. The lowest BCUT2D eigenvalue weighted by molar-refractivity contribution is 0.0948. The maximum absolute atomic E-state index is 12.8.